The van der Waals surface area contributed by atoms with Crippen molar-refractivity contribution in [1.29, 1.82) is 0 Å². The van der Waals surface area contributed by atoms with Crippen molar-refractivity contribution in [3.8, 4) is 5.88 Å². The Morgan fingerprint density at radius 3 is 2.54 bits per heavy atom. The second-order valence-corrected chi connectivity index (χ2v) is 5.61. The topological polar surface area (TPSA) is 54.5 Å². The molecule has 1 heterocycles. The highest BCUT2D eigenvalue weighted by Gasteiger charge is 2.29. The third-order valence-corrected chi connectivity index (χ3v) is 3.61. The molecule has 140 valence electrons. The summed E-state index contributed by atoms with van der Waals surface area (Å²) in [5, 5.41) is 2.74. The zero-order chi connectivity index (χ0) is 19.2. The van der Waals surface area contributed by atoms with Crippen molar-refractivity contribution in [3.05, 3.63) is 59.3 Å². The largest absolute Gasteiger partial charge is 0.478 e. The fourth-order valence-electron chi connectivity index (χ4n) is 2.28. The van der Waals surface area contributed by atoms with Gasteiger partial charge in [0.15, 0.2) is 0 Å². The van der Waals surface area contributed by atoms with Gasteiger partial charge in [-0.05, 0) is 30.7 Å². The second kappa shape index (κ2) is 8.55. The highest BCUT2D eigenvalue weighted by molar-refractivity contribution is 5.73. The van der Waals surface area contributed by atoms with Crippen LogP contribution in [0.3, 0.4) is 0 Å². The first-order valence-corrected chi connectivity index (χ1v) is 8.03. The predicted molar refractivity (Wildman–Crippen MR) is 90.6 cm³/mol. The van der Waals surface area contributed by atoms with Crippen LogP contribution in [0.25, 0.3) is 0 Å². The summed E-state index contributed by atoms with van der Waals surface area (Å²) in [6, 6.07) is 7.93. The van der Waals surface area contributed by atoms with Crippen LogP contribution in [0, 0.1) is 0 Å². The summed E-state index contributed by atoms with van der Waals surface area (Å²) < 4.78 is 43.1. The third-order valence-electron chi connectivity index (χ3n) is 3.61. The molecule has 0 saturated carbocycles. The maximum absolute atomic E-state index is 12.6. The number of benzene rings is 1. The van der Waals surface area contributed by atoms with Gasteiger partial charge in [0.1, 0.15) is 0 Å². The van der Waals surface area contributed by atoms with E-state index >= 15 is 0 Å². The van der Waals surface area contributed by atoms with Gasteiger partial charge in [-0.3, -0.25) is 0 Å². The van der Waals surface area contributed by atoms with Crippen LogP contribution in [-0.2, 0) is 19.3 Å². The number of amides is 2. The van der Waals surface area contributed by atoms with Gasteiger partial charge in [-0.1, -0.05) is 18.2 Å². The number of ether oxygens (including phenoxy) is 1. The number of pyridine rings is 1. The lowest BCUT2D eigenvalue weighted by Crippen LogP contribution is -2.36. The van der Waals surface area contributed by atoms with Crippen molar-refractivity contribution in [2.24, 2.45) is 0 Å². The molecule has 26 heavy (non-hydrogen) atoms. The molecule has 5 nitrogen and oxygen atoms in total. The Hall–Kier alpha value is -2.77. The molecule has 8 heteroatoms. The molecule has 0 radical (unpaired) electrons. The summed E-state index contributed by atoms with van der Waals surface area (Å²) in [5.41, 5.74) is 0.631. The van der Waals surface area contributed by atoms with Crippen LogP contribution in [0.4, 0.5) is 18.0 Å². The molecule has 0 unspecified atom stereocenters. The van der Waals surface area contributed by atoms with Crippen LogP contribution in [0.5, 0.6) is 5.88 Å². The summed E-state index contributed by atoms with van der Waals surface area (Å²) in [7, 11) is 1.57. The van der Waals surface area contributed by atoms with Crippen LogP contribution < -0.4 is 10.1 Å². The maximum atomic E-state index is 12.6. The lowest BCUT2D eigenvalue weighted by atomic mass is 10.1. The minimum atomic E-state index is -4.37. The molecule has 1 N–H and O–H groups in total. The number of rotatable bonds is 6. The molecule has 1 aromatic heterocycles. The molecule has 0 aliphatic heterocycles. The molecule has 0 saturated heterocycles. The Labute approximate surface area is 149 Å². The van der Waals surface area contributed by atoms with Crippen LogP contribution in [0.15, 0.2) is 42.6 Å². The van der Waals surface area contributed by atoms with Crippen molar-refractivity contribution < 1.29 is 22.7 Å². The summed E-state index contributed by atoms with van der Waals surface area (Å²) in [6.45, 7) is 2.73. The fourth-order valence-corrected chi connectivity index (χ4v) is 2.28. The molecule has 0 aliphatic rings. The molecular formula is C18H20F3N3O2. The zero-order valence-corrected chi connectivity index (χ0v) is 14.5. The summed E-state index contributed by atoms with van der Waals surface area (Å²) in [5.74, 6) is 0.459. The van der Waals surface area contributed by atoms with Gasteiger partial charge in [-0.25, -0.2) is 9.78 Å². The van der Waals surface area contributed by atoms with E-state index in [1.807, 2.05) is 6.92 Å². The number of urea groups is 1. The Bertz CT molecular complexity index is 733. The van der Waals surface area contributed by atoms with Crippen molar-refractivity contribution in [3.63, 3.8) is 0 Å². The predicted octanol–water partition coefficient (Wildman–Crippen LogP) is 3.84. The standard InChI is InChI=1S/C18H20F3N3O2/c1-3-26-16-14(5-4-10-22-16)11-23-17(25)24(2)12-13-6-8-15(9-7-13)18(19,20)21/h4-10H,3,11-12H2,1-2H3,(H,23,25). The van der Waals surface area contributed by atoms with Crippen molar-refractivity contribution in [2.75, 3.05) is 13.7 Å². The monoisotopic (exact) mass is 367 g/mol. The van der Waals surface area contributed by atoms with Gasteiger partial charge in [0, 0.05) is 31.9 Å². The van der Waals surface area contributed by atoms with E-state index in [1.54, 1.807) is 25.4 Å². The van der Waals surface area contributed by atoms with Gasteiger partial charge in [0.2, 0.25) is 5.88 Å². The van der Waals surface area contributed by atoms with E-state index in [-0.39, 0.29) is 19.1 Å². The van der Waals surface area contributed by atoms with Gasteiger partial charge < -0.3 is 15.0 Å². The number of nitrogens with one attached hydrogen (secondary N) is 1. The summed E-state index contributed by atoms with van der Waals surface area (Å²) >= 11 is 0. The Morgan fingerprint density at radius 2 is 1.92 bits per heavy atom. The highest BCUT2D eigenvalue weighted by atomic mass is 19.4. The molecule has 0 atom stereocenters. The number of hydrogen-bond donors (Lipinski definition) is 1. The SMILES string of the molecule is CCOc1ncccc1CNC(=O)N(C)Cc1ccc(C(F)(F)F)cc1. The van der Waals surface area contributed by atoms with Crippen molar-refractivity contribution in [2.45, 2.75) is 26.2 Å². The fraction of sp³-hybridized carbons (Fsp3) is 0.333. The summed E-state index contributed by atoms with van der Waals surface area (Å²) in [6.07, 6.45) is -2.77. The number of nitrogens with zero attached hydrogens (tertiary/aromatic N) is 2. The number of carbonyl (C=O) groups excluding carboxylic acids is 1. The first-order chi connectivity index (χ1) is 12.3. The van der Waals surface area contributed by atoms with Crippen LogP contribution >= 0.6 is 0 Å². The molecule has 2 amide bonds. The first kappa shape index (κ1) is 19.6. The van der Waals surface area contributed by atoms with E-state index in [9.17, 15) is 18.0 Å². The van der Waals surface area contributed by atoms with Gasteiger partial charge >= 0.3 is 12.2 Å². The van der Waals surface area contributed by atoms with E-state index in [2.05, 4.69) is 10.3 Å². The quantitative estimate of drug-likeness (QED) is 0.844. The number of alkyl halides is 3. The van der Waals surface area contributed by atoms with E-state index in [0.717, 1.165) is 17.7 Å². The van der Waals surface area contributed by atoms with E-state index in [1.165, 1.54) is 17.0 Å². The molecule has 0 spiro atoms. The average Bonchev–Trinajstić information content (AvgIpc) is 2.60. The highest BCUT2D eigenvalue weighted by Crippen LogP contribution is 2.29. The van der Waals surface area contributed by atoms with Crippen LogP contribution in [0.2, 0.25) is 0 Å². The normalized spacial score (nSPS) is 11.1. The minimum absolute atomic E-state index is 0.190. The zero-order valence-electron chi connectivity index (χ0n) is 14.5. The maximum Gasteiger partial charge on any atom is 0.416 e. The second-order valence-electron chi connectivity index (χ2n) is 5.61. The van der Waals surface area contributed by atoms with Crippen molar-refractivity contribution >= 4 is 6.03 Å². The van der Waals surface area contributed by atoms with E-state index < -0.39 is 11.7 Å². The van der Waals surface area contributed by atoms with Gasteiger partial charge in [-0.15, -0.1) is 0 Å². The molecule has 1 aromatic carbocycles. The smallest absolute Gasteiger partial charge is 0.416 e. The molecular weight excluding hydrogens is 347 g/mol. The van der Waals surface area contributed by atoms with Gasteiger partial charge in [0.25, 0.3) is 0 Å². The third kappa shape index (κ3) is 5.37. The molecule has 0 bridgehead atoms. The Kier molecular flexibility index (Phi) is 6.43. The number of halogens is 3. The van der Waals surface area contributed by atoms with E-state index in [0.29, 0.717) is 18.1 Å². The van der Waals surface area contributed by atoms with Gasteiger partial charge in [-0.2, -0.15) is 13.2 Å². The van der Waals surface area contributed by atoms with Crippen LogP contribution in [-0.4, -0.2) is 29.6 Å². The average molecular weight is 367 g/mol. The number of aromatic nitrogens is 1. The Morgan fingerprint density at radius 1 is 1.23 bits per heavy atom. The Balaban J connectivity index is 1.92. The number of carbonyl (C=O) groups is 1. The lowest BCUT2D eigenvalue weighted by Gasteiger charge is -2.19. The molecule has 0 fully saturated rings. The van der Waals surface area contributed by atoms with Crippen molar-refractivity contribution in [1.82, 2.24) is 15.2 Å². The first-order valence-electron chi connectivity index (χ1n) is 8.03. The van der Waals surface area contributed by atoms with E-state index in [4.69, 9.17) is 4.74 Å². The van der Waals surface area contributed by atoms with Crippen LogP contribution in [0.1, 0.15) is 23.6 Å². The van der Waals surface area contributed by atoms with Gasteiger partial charge in [0.05, 0.1) is 12.2 Å². The molecule has 0 aliphatic carbocycles. The lowest BCUT2D eigenvalue weighted by molar-refractivity contribution is -0.137. The number of hydrogen-bond acceptors (Lipinski definition) is 3. The molecule has 2 rings (SSSR count). The minimum Gasteiger partial charge on any atom is -0.478 e. The molecule has 2 aromatic rings. The summed E-state index contributed by atoms with van der Waals surface area (Å²) in [4.78, 5) is 17.7.